The van der Waals surface area contributed by atoms with Crippen LogP contribution in [0, 0.1) is 0 Å². The normalized spacial score (nSPS) is 16.0. The van der Waals surface area contributed by atoms with Crippen molar-refractivity contribution in [3.8, 4) is 5.75 Å². The highest BCUT2D eigenvalue weighted by atomic mass is 16.4. The minimum Gasteiger partial charge on any atom is -0.508 e. The smallest absolute Gasteiger partial charge is 0.339 e. The number of nitrogens with zero attached hydrogens (tertiary/aromatic N) is 1. The third kappa shape index (κ3) is 3.41. The van der Waals surface area contributed by atoms with Gasteiger partial charge < -0.3 is 10.2 Å². The van der Waals surface area contributed by atoms with Gasteiger partial charge in [0.15, 0.2) is 5.78 Å². The Morgan fingerprint density at radius 1 is 1.27 bits per heavy atom. The van der Waals surface area contributed by atoms with E-state index in [2.05, 4.69) is 10.5 Å². The van der Waals surface area contributed by atoms with Gasteiger partial charge in [0, 0.05) is 0 Å². The first kappa shape index (κ1) is 15.5. The van der Waals surface area contributed by atoms with Crippen molar-refractivity contribution in [2.24, 2.45) is 5.10 Å². The molecule has 0 saturated carbocycles. The van der Waals surface area contributed by atoms with Crippen molar-refractivity contribution >= 4 is 23.2 Å². The summed E-state index contributed by atoms with van der Waals surface area (Å²) in [5, 5.41) is 22.7. The van der Waals surface area contributed by atoms with Crippen LogP contribution in [-0.4, -0.2) is 27.7 Å². The van der Waals surface area contributed by atoms with Gasteiger partial charge in [-0.3, -0.25) is 10.2 Å². The lowest BCUT2D eigenvalue weighted by Crippen LogP contribution is -2.16. The number of carbonyl (C=O) groups excluding carboxylic acids is 1. The molecule has 0 saturated heterocycles. The van der Waals surface area contributed by atoms with Gasteiger partial charge in [0.05, 0.1) is 11.4 Å². The van der Waals surface area contributed by atoms with Crippen LogP contribution in [0.3, 0.4) is 0 Å². The van der Waals surface area contributed by atoms with E-state index in [9.17, 15) is 14.7 Å². The Labute approximate surface area is 127 Å². The number of aromatic hydroxyl groups is 1. The summed E-state index contributed by atoms with van der Waals surface area (Å²) in [5.41, 5.74) is 4.23. The number of phenols is 1. The average molecular weight is 300 g/mol. The summed E-state index contributed by atoms with van der Waals surface area (Å²) in [7, 11) is 0. The van der Waals surface area contributed by atoms with Crippen LogP contribution in [0.1, 0.15) is 25.3 Å². The van der Waals surface area contributed by atoms with Gasteiger partial charge in [-0.15, -0.1) is 0 Å². The van der Waals surface area contributed by atoms with E-state index in [0.29, 0.717) is 11.4 Å². The van der Waals surface area contributed by atoms with Gasteiger partial charge in [-0.05, 0) is 47.9 Å². The maximum absolute atomic E-state index is 11.4. The Bertz CT molecular complexity index is 715. The molecule has 1 aromatic carbocycles. The van der Waals surface area contributed by atoms with Crippen LogP contribution >= 0.6 is 0 Å². The highest BCUT2D eigenvalue weighted by Gasteiger charge is 2.18. The van der Waals surface area contributed by atoms with Crippen LogP contribution < -0.4 is 5.43 Å². The van der Waals surface area contributed by atoms with Gasteiger partial charge in [0.2, 0.25) is 0 Å². The SMILES string of the molecule is CC(C)c1cc(N/N=C2\C=CC(=O)C(C(=O)O)=C2)ccc1O. The largest absolute Gasteiger partial charge is 0.508 e. The molecular formula is C16H16N2O4. The van der Waals surface area contributed by atoms with Crippen molar-refractivity contribution < 1.29 is 19.8 Å². The van der Waals surface area contributed by atoms with Gasteiger partial charge in [0.25, 0.3) is 0 Å². The molecule has 114 valence electrons. The quantitative estimate of drug-likeness (QED) is 0.343. The van der Waals surface area contributed by atoms with Crippen molar-refractivity contribution in [2.75, 3.05) is 5.43 Å². The van der Waals surface area contributed by atoms with E-state index < -0.39 is 11.8 Å². The molecule has 0 unspecified atom stereocenters. The molecule has 1 aliphatic rings. The first-order valence-corrected chi connectivity index (χ1v) is 6.72. The predicted molar refractivity (Wildman–Crippen MR) is 83.1 cm³/mol. The molecule has 0 heterocycles. The maximum atomic E-state index is 11.4. The Morgan fingerprint density at radius 3 is 2.64 bits per heavy atom. The third-order valence-electron chi connectivity index (χ3n) is 3.16. The van der Waals surface area contributed by atoms with E-state index in [1.165, 1.54) is 18.2 Å². The zero-order chi connectivity index (χ0) is 16.3. The minimum atomic E-state index is -1.28. The number of hydrogen-bond donors (Lipinski definition) is 3. The summed E-state index contributed by atoms with van der Waals surface area (Å²) in [6, 6.07) is 4.99. The molecule has 0 amide bonds. The summed E-state index contributed by atoms with van der Waals surface area (Å²) in [6.07, 6.45) is 3.81. The summed E-state index contributed by atoms with van der Waals surface area (Å²) in [5.74, 6) is -1.48. The lowest BCUT2D eigenvalue weighted by Gasteiger charge is -2.11. The molecular weight excluding hydrogens is 284 g/mol. The molecule has 3 N–H and O–H groups in total. The Hall–Kier alpha value is -2.89. The van der Waals surface area contributed by atoms with Gasteiger partial charge in [0.1, 0.15) is 11.3 Å². The highest BCUT2D eigenvalue weighted by Crippen LogP contribution is 2.28. The lowest BCUT2D eigenvalue weighted by molar-refractivity contribution is -0.134. The first-order valence-electron chi connectivity index (χ1n) is 6.72. The number of hydrazone groups is 1. The van der Waals surface area contributed by atoms with Gasteiger partial charge in [-0.1, -0.05) is 13.8 Å². The third-order valence-corrected chi connectivity index (χ3v) is 3.16. The maximum Gasteiger partial charge on any atom is 0.339 e. The standard InChI is InChI=1S/C16H16N2O4/c1-9(2)12-7-10(3-5-14(12)19)17-18-11-4-6-15(20)13(8-11)16(21)22/h3-9,17,19H,1-2H3,(H,21,22)/b18-11+. The van der Waals surface area contributed by atoms with Crippen LogP contribution in [0.2, 0.25) is 0 Å². The number of allylic oxidation sites excluding steroid dienone is 3. The van der Waals surface area contributed by atoms with Crippen LogP contribution in [0.4, 0.5) is 5.69 Å². The molecule has 1 aliphatic carbocycles. The molecule has 1 aromatic rings. The summed E-state index contributed by atoms with van der Waals surface area (Å²) in [6.45, 7) is 3.92. The number of aliphatic carboxylic acids is 1. The van der Waals surface area contributed by atoms with Crippen LogP contribution in [0.25, 0.3) is 0 Å². The van der Waals surface area contributed by atoms with Crippen molar-refractivity contribution in [2.45, 2.75) is 19.8 Å². The molecule has 2 rings (SSSR count). The number of hydrogen-bond acceptors (Lipinski definition) is 5. The molecule has 0 bridgehead atoms. The topological polar surface area (TPSA) is 99.0 Å². The zero-order valence-electron chi connectivity index (χ0n) is 12.2. The van der Waals surface area contributed by atoms with Crippen molar-refractivity contribution in [1.29, 1.82) is 0 Å². The van der Waals surface area contributed by atoms with Crippen molar-refractivity contribution in [3.05, 3.63) is 47.6 Å². The predicted octanol–water partition coefficient (Wildman–Crippen LogP) is 2.43. The molecule has 0 radical (unpaired) electrons. The summed E-state index contributed by atoms with van der Waals surface area (Å²) in [4.78, 5) is 22.3. The molecule has 22 heavy (non-hydrogen) atoms. The van der Waals surface area contributed by atoms with Gasteiger partial charge >= 0.3 is 5.97 Å². The average Bonchev–Trinajstić information content (AvgIpc) is 2.47. The van der Waals surface area contributed by atoms with E-state index >= 15 is 0 Å². The number of benzene rings is 1. The van der Waals surface area contributed by atoms with E-state index in [0.717, 1.165) is 5.56 Å². The fourth-order valence-corrected chi connectivity index (χ4v) is 1.97. The number of phenolic OH excluding ortho intramolecular Hbond substituents is 1. The van der Waals surface area contributed by atoms with Crippen molar-refractivity contribution in [3.63, 3.8) is 0 Å². The molecule has 6 heteroatoms. The highest BCUT2D eigenvalue weighted by molar-refractivity contribution is 6.29. The fraction of sp³-hybridized carbons (Fsp3) is 0.188. The second-order valence-corrected chi connectivity index (χ2v) is 5.14. The number of carboxylic acid groups (broad SMARTS) is 1. The Morgan fingerprint density at radius 2 is 2.00 bits per heavy atom. The number of ketones is 1. The molecule has 6 nitrogen and oxygen atoms in total. The molecule has 0 fully saturated rings. The monoisotopic (exact) mass is 300 g/mol. The number of carbonyl (C=O) groups is 2. The molecule has 0 spiro atoms. The fourth-order valence-electron chi connectivity index (χ4n) is 1.97. The zero-order valence-corrected chi connectivity index (χ0v) is 12.2. The number of nitrogens with one attached hydrogen (secondary N) is 1. The number of anilines is 1. The van der Waals surface area contributed by atoms with E-state index in [1.807, 2.05) is 13.8 Å². The summed E-state index contributed by atoms with van der Waals surface area (Å²) < 4.78 is 0. The Balaban J connectivity index is 2.22. The van der Waals surface area contributed by atoms with Crippen LogP contribution in [0.15, 0.2) is 47.1 Å². The summed E-state index contributed by atoms with van der Waals surface area (Å²) >= 11 is 0. The first-order chi connectivity index (χ1) is 10.4. The molecule has 0 aliphatic heterocycles. The van der Waals surface area contributed by atoms with Crippen LogP contribution in [0.5, 0.6) is 5.75 Å². The van der Waals surface area contributed by atoms with Crippen molar-refractivity contribution in [1.82, 2.24) is 0 Å². The minimum absolute atomic E-state index is 0.153. The second-order valence-electron chi connectivity index (χ2n) is 5.14. The van der Waals surface area contributed by atoms with Gasteiger partial charge in [-0.2, -0.15) is 5.10 Å². The second kappa shape index (κ2) is 6.26. The van der Waals surface area contributed by atoms with Crippen LogP contribution in [-0.2, 0) is 9.59 Å². The van der Waals surface area contributed by atoms with E-state index in [4.69, 9.17) is 5.11 Å². The lowest BCUT2D eigenvalue weighted by atomic mass is 10.0. The molecule has 0 aromatic heterocycles. The van der Waals surface area contributed by atoms with E-state index in [1.54, 1.807) is 18.2 Å². The van der Waals surface area contributed by atoms with E-state index in [-0.39, 0.29) is 17.2 Å². The molecule has 0 atom stereocenters. The number of rotatable bonds is 4. The Kier molecular flexibility index (Phi) is 4.41. The number of carboxylic acids is 1. The van der Waals surface area contributed by atoms with Gasteiger partial charge in [-0.25, -0.2) is 4.79 Å².